The molecule has 3 aromatic heterocycles. The SMILES string of the molecule is CC(C)[C@H]1COC(=O)N1c1ccn2ncc(-c3ccc(-c4ncc[nH]4)cc3)c2n1. The third kappa shape index (κ3) is 2.93. The number of fused-ring (bicyclic) bond motifs is 1. The topological polar surface area (TPSA) is 88.4 Å². The fraction of sp³-hybridized carbons (Fsp3) is 0.238. The Morgan fingerprint density at radius 1 is 1.17 bits per heavy atom. The third-order valence-corrected chi connectivity index (χ3v) is 5.24. The Labute approximate surface area is 167 Å². The average molecular weight is 388 g/mol. The highest BCUT2D eigenvalue weighted by atomic mass is 16.6. The zero-order valence-corrected chi connectivity index (χ0v) is 16.1. The number of hydrogen-bond acceptors (Lipinski definition) is 5. The van der Waals surface area contributed by atoms with Gasteiger partial charge in [-0.2, -0.15) is 5.10 Å². The Morgan fingerprint density at radius 2 is 1.97 bits per heavy atom. The summed E-state index contributed by atoms with van der Waals surface area (Å²) in [4.78, 5) is 26.1. The van der Waals surface area contributed by atoms with Crippen LogP contribution >= 0.6 is 0 Å². The highest BCUT2D eigenvalue weighted by Crippen LogP contribution is 2.29. The van der Waals surface area contributed by atoms with Crippen LogP contribution in [0.5, 0.6) is 0 Å². The number of imidazole rings is 1. The number of nitrogens with zero attached hydrogens (tertiary/aromatic N) is 5. The molecule has 4 aromatic rings. The number of aromatic amines is 1. The Morgan fingerprint density at radius 3 is 2.69 bits per heavy atom. The van der Waals surface area contributed by atoms with Crippen molar-refractivity contribution in [2.75, 3.05) is 11.5 Å². The largest absolute Gasteiger partial charge is 0.447 e. The van der Waals surface area contributed by atoms with Crippen molar-refractivity contribution in [2.24, 2.45) is 5.92 Å². The van der Waals surface area contributed by atoms with Crippen molar-refractivity contribution >= 4 is 17.6 Å². The van der Waals surface area contributed by atoms with Gasteiger partial charge in [-0.15, -0.1) is 0 Å². The summed E-state index contributed by atoms with van der Waals surface area (Å²) in [6, 6.07) is 9.82. The van der Waals surface area contributed by atoms with Crippen molar-refractivity contribution < 1.29 is 9.53 Å². The number of rotatable bonds is 4. The van der Waals surface area contributed by atoms with Crippen LogP contribution in [0.1, 0.15) is 13.8 Å². The molecule has 4 heterocycles. The first-order valence-electron chi connectivity index (χ1n) is 9.52. The maximum atomic E-state index is 12.3. The van der Waals surface area contributed by atoms with Crippen molar-refractivity contribution in [3.05, 3.63) is 55.1 Å². The molecule has 1 aliphatic heterocycles. The van der Waals surface area contributed by atoms with E-state index in [0.717, 1.165) is 22.5 Å². The summed E-state index contributed by atoms with van der Waals surface area (Å²) in [5.41, 5.74) is 3.58. The maximum Gasteiger partial charge on any atom is 0.415 e. The van der Waals surface area contributed by atoms with Crippen LogP contribution < -0.4 is 4.90 Å². The van der Waals surface area contributed by atoms with Gasteiger partial charge in [0.15, 0.2) is 5.65 Å². The van der Waals surface area contributed by atoms with E-state index in [-0.39, 0.29) is 18.1 Å². The van der Waals surface area contributed by atoms with E-state index in [4.69, 9.17) is 9.72 Å². The monoisotopic (exact) mass is 388 g/mol. The summed E-state index contributed by atoms with van der Waals surface area (Å²) in [6.07, 6.45) is 6.78. The standard InChI is InChI=1S/C21H20N6O2/c1-13(2)17-12-29-21(28)27(17)18-7-10-26-20(25-18)16(11-24-26)14-3-5-15(6-4-14)19-22-8-9-23-19/h3-11,13,17H,12H2,1-2H3,(H,22,23)/t17-/m1/s1. The summed E-state index contributed by atoms with van der Waals surface area (Å²) >= 11 is 0. The number of ether oxygens (including phenoxy) is 1. The van der Waals surface area contributed by atoms with Gasteiger partial charge in [0.25, 0.3) is 0 Å². The fourth-order valence-electron chi connectivity index (χ4n) is 3.62. The minimum Gasteiger partial charge on any atom is -0.447 e. The lowest BCUT2D eigenvalue weighted by atomic mass is 10.0. The molecule has 29 heavy (non-hydrogen) atoms. The average Bonchev–Trinajstić information content (AvgIpc) is 3.47. The van der Waals surface area contributed by atoms with Gasteiger partial charge in [0, 0.05) is 29.7 Å². The molecule has 0 aliphatic carbocycles. The predicted octanol–water partition coefficient (Wildman–Crippen LogP) is 3.77. The first-order chi connectivity index (χ1) is 14.1. The minimum atomic E-state index is -0.357. The number of H-pyrrole nitrogens is 1. The number of aromatic nitrogens is 5. The maximum absolute atomic E-state index is 12.3. The van der Waals surface area contributed by atoms with E-state index in [2.05, 4.69) is 28.9 Å². The zero-order valence-electron chi connectivity index (χ0n) is 16.1. The lowest BCUT2D eigenvalue weighted by Crippen LogP contribution is -2.37. The molecule has 1 aliphatic rings. The molecule has 1 saturated heterocycles. The molecule has 1 atom stereocenters. The highest BCUT2D eigenvalue weighted by molar-refractivity contribution is 5.90. The Hall–Kier alpha value is -3.68. The van der Waals surface area contributed by atoms with Crippen LogP contribution in [0.2, 0.25) is 0 Å². The second kappa shape index (κ2) is 6.73. The molecule has 8 heteroatoms. The predicted molar refractivity (Wildman–Crippen MR) is 108 cm³/mol. The van der Waals surface area contributed by atoms with Crippen molar-refractivity contribution in [1.29, 1.82) is 0 Å². The molecule has 1 fully saturated rings. The van der Waals surface area contributed by atoms with Gasteiger partial charge < -0.3 is 9.72 Å². The van der Waals surface area contributed by atoms with Gasteiger partial charge in [0.1, 0.15) is 18.2 Å². The quantitative estimate of drug-likeness (QED) is 0.575. The number of carbonyl (C=O) groups excluding carboxylic acids is 1. The normalized spacial score (nSPS) is 16.7. The first kappa shape index (κ1) is 17.4. The van der Waals surface area contributed by atoms with Crippen molar-refractivity contribution in [1.82, 2.24) is 24.6 Å². The Bertz CT molecular complexity index is 1160. The summed E-state index contributed by atoms with van der Waals surface area (Å²) in [7, 11) is 0. The Balaban J connectivity index is 1.54. The van der Waals surface area contributed by atoms with Gasteiger partial charge in [-0.25, -0.2) is 19.3 Å². The van der Waals surface area contributed by atoms with E-state index < -0.39 is 0 Å². The molecule has 1 amide bonds. The Kier molecular flexibility index (Phi) is 4.04. The van der Waals surface area contributed by atoms with E-state index in [1.807, 2.05) is 30.5 Å². The van der Waals surface area contributed by atoms with Crippen LogP contribution in [0.15, 0.2) is 55.1 Å². The summed E-state index contributed by atoms with van der Waals surface area (Å²) in [6.45, 7) is 4.52. The molecule has 0 spiro atoms. The smallest absolute Gasteiger partial charge is 0.415 e. The summed E-state index contributed by atoms with van der Waals surface area (Å²) in [5.74, 6) is 1.66. The number of hydrogen-bond donors (Lipinski definition) is 1. The van der Waals surface area contributed by atoms with Crippen LogP contribution in [-0.2, 0) is 4.74 Å². The van der Waals surface area contributed by atoms with Crippen LogP contribution in [0, 0.1) is 5.92 Å². The molecular formula is C21H20N6O2. The summed E-state index contributed by atoms with van der Waals surface area (Å²) in [5, 5.41) is 4.41. The van der Waals surface area contributed by atoms with E-state index in [9.17, 15) is 4.79 Å². The van der Waals surface area contributed by atoms with Crippen LogP contribution in [0.25, 0.3) is 28.2 Å². The van der Waals surface area contributed by atoms with Gasteiger partial charge in [0.05, 0.1) is 12.2 Å². The lowest BCUT2D eigenvalue weighted by Gasteiger charge is -2.23. The first-order valence-corrected chi connectivity index (χ1v) is 9.52. The molecule has 0 bridgehead atoms. The lowest BCUT2D eigenvalue weighted by molar-refractivity contribution is 0.177. The van der Waals surface area contributed by atoms with Gasteiger partial charge in [-0.3, -0.25) is 4.90 Å². The zero-order chi connectivity index (χ0) is 20.0. The molecule has 0 unspecified atom stereocenters. The van der Waals surface area contributed by atoms with Crippen LogP contribution in [0.3, 0.4) is 0 Å². The second-order valence-electron chi connectivity index (χ2n) is 7.39. The van der Waals surface area contributed by atoms with Gasteiger partial charge in [-0.05, 0) is 17.5 Å². The number of carbonyl (C=O) groups is 1. The number of anilines is 1. The van der Waals surface area contributed by atoms with Crippen molar-refractivity contribution in [2.45, 2.75) is 19.9 Å². The van der Waals surface area contributed by atoms with E-state index in [1.165, 1.54) is 0 Å². The number of cyclic esters (lactones) is 1. The van der Waals surface area contributed by atoms with Crippen LogP contribution in [-0.4, -0.2) is 43.3 Å². The van der Waals surface area contributed by atoms with Crippen LogP contribution in [0.4, 0.5) is 10.6 Å². The van der Waals surface area contributed by atoms with Gasteiger partial charge in [-0.1, -0.05) is 38.1 Å². The van der Waals surface area contributed by atoms with E-state index >= 15 is 0 Å². The van der Waals surface area contributed by atoms with E-state index in [1.54, 1.807) is 34.1 Å². The molecule has 146 valence electrons. The van der Waals surface area contributed by atoms with E-state index in [0.29, 0.717) is 18.1 Å². The fourth-order valence-corrected chi connectivity index (χ4v) is 3.62. The second-order valence-corrected chi connectivity index (χ2v) is 7.39. The molecule has 0 saturated carbocycles. The minimum absolute atomic E-state index is 0.0311. The molecule has 5 rings (SSSR count). The summed E-state index contributed by atoms with van der Waals surface area (Å²) < 4.78 is 6.98. The van der Waals surface area contributed by atoms with Gasteiger partial charge in [0.2, 0.25) is 0 Å². The molecular weight excluding hydrogens is 368 g/mol. The number of benzene rings is 1. The molecule has 8 nitrogen and oxygen atoms in total. The molecule has 0 radical (unpaired) electrons. The molecule has 1 aromatic carbocycles. The number of nitrogens with one attached hydrogen (secondary N) is 1. The highest BCUT2D eigenvalue weighted by Gasteiger charge is 2.37. The third-order valence-electron chi connectivity index (χ3n) is 5.24. The van der Waals surface area contributed by atoms with Crippen molar-refractivity contribution in [3.8, 4) is 22.5 Å². The van der Waals surface area contributed by atoms with Crippen molar-refractivity contribution in [3.63, 3.8) is 0 Å². The number of amides is 1. The molecule has 1 N–H and O–H groups in total. The van der Waals surface area contributed by atoms with Gasteiger partial charge >= 0.3 is 6.09 Å².